The van der Waals surface area contributed by atoms with Crippen molar-refractivity contribution in [2.75, 3.05) is 13.7 Å². The Balaban J connectivity index is 1.58. The normalized spacial score (nSPS) is 44.1. The predicted octanol–water partition coefficient (Wildman–Crippen LogP) is 2.37. The molecule has 0 unspecified atom stereocenters. The Kier molecular flexibility index (Phi) is 3.05. The molecule has 5 aliphatic rings. The fourth-order valence-corrected chi connectivity index (χ4v) is 6.07. The molecule has 4 nitrogen and oxygen atoms in total. The molecule has 21 heavy (non-hydrogen) atoms. The summed E-state index contributed by atoms with van der Waals surface area (Å²) in [5, 5.41) is 0. The lowest BCUT2D eigenvalue weighted by molar-refractivity contribution is -0.164. The number of hydrogen-bond donors (Lipinski definition) is 0. The second kappa shape index (κ2) is 4.72. The van der Waals surface area contributed by atoms with E-state index in [4.69, 9.17) is 4.74 Å². The third-order valence-corrected chi connectivity index (χ3v) is 6.48. The van der Waals surface area contributed by atoms with E-state index in [0.29, 0.717) is 0 Å². The van der Waals surface area contributed by atoms with E-state index in [1.807, 2.05) is 4.90 Å². The lowest BCUT2D eigenvalue weighted by Crippen LogP contribution is -2.56. The SMILES string of the molecule is COC(=O)[C@H]1CCCN1C(=O)C12CC3CC(CC(C3)C1)C2. The molecule has 0 aromatic carbocycles. The Morgan fingerprint density at radius 1 is 1.05 bits per heavy atom. The van der Waals surface area contributed by atoms with Crippen molar-refractivity contribution >= 4 is 11.9 Å². The van der Waals surface area contributed by atoms with Crippen LogP contribution in [0.2, 0.25) is 0 Å². The number of carbonyl (C=O) groups excluding carboxylic acids is 2. The number of hydrogen-bond acceptors (Lipinski definition) is 3. The van der Waals surface area contributed by atoms with Crippen molar-refractivity contribution < 1.29 is 14.3 Å². The Hall–Kier alpha value is -1.06. The zero-order valence-electron chi connectivity index (χ0n) is 12.8. The highest BCUT2D eigenvalue weighted by atomic mass is 16.5. The average Bonchev–Trinajstić information content (AvgIpc) is 2.93. The number of esters is 1. The number of carbonyl (C=O) groups is 2. The monoisotopic (exact) mass is 291 g/mol. The minimum atomic E-state index is -0.324. The predicted molar refractivity (Wildman–Crippen MR) is 77.4 cm³/mol. The third-order valence-electron chi connectivity index (χ3n) is 6.48. The first kappa shape index (κ1) is 13.6. The third kappa shape index (κ3) is 2.01. The van der Waals surface area contributed by atoms with Gasteiger partial charge >= 0.3 is 5.97 Å². The summed E-state index contributed by atoms with van der Waals surface area (Å²) in [7, 11) is 1.42. The van der Waals surface area contributed by atoms with Crippen molar-refractivity contribution in [1.82, 2.24) is 4.90 Å². The van der Waals surface area contributed by atoms with Gasteiger partial charge in [-0.05, 0) is 69.1 Å². The molecule has 1 atom stereocenters. The summed E-state index contributed by atoms with van der Waals surface area (Å²) in [6, 6.07) is -0.324. The molecule has 0 radical (unpaired) electrons. The highest BCUT2D eigenvalue weighted by Gasteiger charge is 2.56. The molecule has 4 heteroatoms. The quantitative estimate of drug-likeness (QED) is 0.734. The van der Waals surface area contributed by atoms with E-state index in [2.05, 4.69) is 0 Å². The molecule has 0 spiro atoms. The number of rotatable bonds is 2. The fourth-order valence-electron chi connectivity index (χ4n) is 6.07. The van der Waals surface area contributed by atoms with Crippen LogP contribution in [0.1, 0.15) is 51.4 Å². The molecule has 4 saturated carbocycles. The van der Waals surface area contributed by atoms with E-state index in [-0.39, 0.29) is 23.3 Å². The van der Waals surface area contributed by atoms with Gasteiger partial charge in [0, 0.05) is 6.54 Å². The summed E-state index contributed by atoms with van der Waals surface area (Å²) in [6.07, 6.45) is 8.93. The summed E-state index contributed by atoms with van der Waals surface area (Å²) in [5.74, 6) is 2.33. The number of methoxy groups -OCH3 is 1. The van der Waals surface area contributed by atoms with Gasteiger partial charge in [0.25, 0.3) is 0 Å². The second-order valence-electron chi connectivity index (χ2n) is 7.88. The minimum Gasteiger partial charge on any atom is -0.467 e. The molecule has 0 aromatic rings. The van der Waals surface area contributed by atoms with Crippen molar-refractivity contribution in [3.05, 3.63) is 0 Å². The van der Waals surface area contributed by atoms with Crippen LogP contribution in [0.4, 0.5) is 0 Å². The summed E-state index contributed by atoms with van der Waals surface area (Å²) in [5.41, 5.74) is -0.134. The summed E-state index contributed by atoms with van der Waals surface area (Å²) in [6.45, 7) is 0.736. The van der Waals surface area contributed by atoms with Crippen LogP contribution in [0.3, 0.4) is 0 Å². The van der Waals surface area contributed by atoms with Gasteiger partial charge in [-0.2, -0.15) is 0 Å². The average molecular weight is 291 g/mol. The summed E-state index contributed by atoms with van der Waals surface area (Å²) >= 11 is 0. The van der Waals surface area contributed by atoms with E-state index in [1.54, 1.807) is 0 Å². The van der Waals surface area contributed by atoms with Crippen LogP contribution in [-0.2, 0) is 14.3 Å². The Morgan fingerprint density at radius 3 is 2.14 bits per heavy atom. The van der Waals surface area contributed by atoms with E-state index in [0.717, 1.165) is 56.4 Å². The van der Waals surface area contributed by atoms with Gasteiger partial charge in [0.05, 0.1) is 12.5 Å². The van der Waals surface area contributed by atoms with Gasteiger partial charge in [-0.3, -0.25) is 4.79 Å². The number of ether oxygens (including phenoxy) is 1. The largest absolute Gasteiger partial charge is 0.467 e. The number of likely N-dealkylation sites (tertiary alicyclic amines) is 1. The van der Waals surface area contributed by atoms with Crippen molar-refractivity contribution in [2.24, 2.45) is 23.2 Å². The molecule has 5 rings (SSSR count). The van der Waals surface area contributed by atoms with Crippen molar-refractivity contribution in [3.63, 3.8) is 0 Å². The molecule has 4 bridgehead atoms. The van der Waals surface area contributed by atoms with Crippen LogP contribution in [0.15, 0.2) is 0 Å². The van der Waals surface area contributed by atoms with Gasteiger partial charge in [-0.25, -0.2) is 4.79 Å². The zero-order valence-corrected chi connectivity index (χ0v) is 12.8. The molecular formula is C17H25NO3. The molecule has 0 aromatic heterocycles. The van der Waals surface area contributed by atoms with Gasteiger partial charge < -0.3 is 9.64 Å². The summed E-state index contributed by atoms with van der Waals surface area (Å²) in [4.78, 5) is 27.0. The second-order valence-corrected chi connectivity index (χ2v) is 7.88. The Morgan fingerprint density at radius 2 is 1.62 bits per heavy atom. The summed E-state index contributed by atoms with van der Waals surface area (Å²) < 4.78 is 4.90. The van der Waals surface area contributed by atoms with Crippen molar-refractivity contribution in [2.45, 2.75) is 57.4 Å². The van der Waals surface area contributed by atoms with Crippen LogP contribution in [0.5, 0.6) is 0 Å². The molecular weight excluding hydrogens is 266 g/mol. The van der Waals surface area contributed by atoms with E-state index in [9.17, 15) is 9.59 Å². The van der Waals surface area contributed by atoms with Crippen molar-refractivity contribution in [3.8, 4) is 0 Å². The van der Waals surface area contributed by atoms with E-state index >= 15 is 0 Å². The molecule has 0 N–H and O–H groups in total. The van der Waals surface area contributed by atoms with Crippen LogP contribution in [0.25, 0.3) is 0 Å². The molecule has 1 aliphatic heterocycles. The highest BCUT2D eigenvalue weighted by molar-refractivity contribution is 5.89. The molecule has 4 aliphatic carbocycles. The number of amides is 1. The maximum atomic E-state index is 13.2. The van der Waals surface area contributed by atoms with Crippen molar-refractivity contribution in [1.29, 1.82) is 0 Å². The first-order chi connectivity index (χ1) is 10.1. The number of nitrogens with zero attached hydrogens (tertiary/aromatic N) is 1. The lowest BCUT2D eigenvalue weighted by atomic mass is 9.49. The standard InChI is InChI=1S/C17H25NO3/c1-21-15(19)14-3-2-4-18(14)16(20)17-8-11-5-12(9-17)7-13(6-11)10-17/h11-14H,2-10H2,1H3/t11?,12?,13?,14-,17?/m1/s1. The van der Waals surface area contributed by atoms with Crippen LogP contribution in [-0.4, -0.2) is 36.5 Å². The maximum Gasteiger partial charge on any atom is 0.328 e. The molecule has 1 amide bonds. The van der Waals surface area contributed by atoms with Gasteiger partial charge in [0.1, 0.15) is 6.04 Å². The smallest absolute Gasteiger partial charge is 0.328 e. The van der Waals surface area contributed by atoms with Gasteiger partial charge in [-0.1, -0.05) is 0 Å². The van der Waals surface area contributed by atoms with Gasteiger partial charge in [-0.15, -0.1) is 0 Å². The Labute approximate surface area is 126 Å². The topological polar surface area (TPSA) is 46.6 Å². The van der Waals surface area contributed by atoms with Gasteiger partial charge in [0.15, 0.2) is 0 Å². The first-order valence-corrected chi connectivity index (χ1v) is 8.50. The van der Waals surface area contributed by atoms with Crippen LogP contribution >= 0.6 is 0 Å². The molecule has 5 fully saturated rings. The Bertz CT molecular complexity index is 437. The molecule has 116 valence electrons. The fraction of sp³-hybridized carbons (Fsp3) is 0.882. The zero-order chi connectivity index (χ0) is 14.6. The first-order valence-electron chi connectivity index (χ1n) is 8.50. The van der Waals surface area contributed by atoms with Crippen LogP contribution < -0.4 is 0 Å². The van der Waals surface area contributed by atoms with E-state index in [1.165, 1.54) is 26.4 Å². The van der Waals surface area contributed by atoms with E-state index < -0.39 is 0 Å². The highest BCUT2D eigenvalue weighted by Crippen LogP contribution is 2.60. The van der Waals surface area contributed by atoms with Gasteiger partial charge in [0.2, 0.25) is 5.91 Å². The minimum absolute atomic E-state index is 0.134. The molecule has 1 heterocycles. The maximum absolute atomic E-state index is 13.2. The van der Waals surface area contributed by atoms with Crippen LogP contribution in [0, 0.1) is 23.2 Å². The molecule has 1 saturated heterocycles. The lowest BCUT2D eigenvalue weighted by Gasteiger charge is -2.56.